The smallest absolute Gasteiger partial charge is 0.223 e. The van der Waals surface area contributed by atoms with Crippen LogP contribution in [0.25, 0.3) is 0 Å². The van der Waals surface area contributed by atoms with E-state index in [0.717, 1.165) is 6.42 Å². The van der Waals surface area contributed by atoms with Crippen molar-refractivity contribution in [2.75, 3.05) is 13.1 Å². The number of fused-ring (bicyclic) bond motifs is 2. The van der Waals surface area contributed by atoms with Crippen LogP contribution in [0.4, 0.5) is 4.39 Å². The van der Waals surface area contributed by atoms with Crippen LogP contribution in [0.2, 0.25) is 0 Å². The molecule has 4 rings (SSSR count). The number of hydrogen-bond acceptors (Lipinski definition) is 2. The van der Waals surface area contributed by atoms with Crippen molar-refractivity contribution in [1.29, 1.82) is 0 Å². The van der Waals surface area contributed by atoms with Gasteiger partial charge in [-0.15, -0.1) is 0 Å². The van der Waals surface area contributed by atoms with E-state index in [9.17, 15) is 9.18 Å². The van der Waals surface area contributed by atoms with Crippen molar-refractivity contribution in [2.45, 2.75) is 25.4 Å². The summed E-state index contributed by atoms with van der Waals surface area (Å²) in [7, 11) is 0. The summed E-state index contributed by atoms with van der Waals surface area (Å²) < 4.78 is 19.1. The van der Waals surface area contributed by atoms with E-state index in [1.54, 1.807) is 18.2 Å². The number of ether oxygens (including phenoxy) is 1. The van der Waals surface area contributed by atoms with E-state index >= 15 is 0 Å². The number of carbonyl (C=O) groups is 1. The maximum Gasteiger partial charge on any atom is 0.223 e. The first-order valence-corrected chi connectivity index (χ1v) is 8.06. The molecule has 1 heterocycles. The Kier molecular flexibility index (Phi) is 3.40. The topological polar surface area (TPSA) is 29.5 Å². The van der Waals surface area contributed by atoms with E-state index in [2.05, 4.69) is 12.2 Å². The number of likely N-dealkylation sites (tertiary alicyclic amines) is 1. The third kappa shape index (κ3) is 2.51. The minimum Gasteiger partial charge on any atom is -0.484 e. The summed E-state index contributed by atoms with van der Waals surface area (Å²) in [5, 5.41) is 0. The first-order chi connectivity index (χ1) is 10.7. The van der Waals surface area contributed by atoms with Crippen LogP contribution in [0.1, 0.15) is 19.3 Å². The standard InChI is InChI=1S/C18H20FNO2/c19-16-3-1-2-4-17(16)22-15-10-20(11-15)18(21)9-14-8-12-5-6-13(14)7-12/h1-6,12-15H,7-11H2/t12-,13+,14+/m1/s1. The second kappa shape index (κ2) is 5.41. The van der Waals surface area contributed by atoms with Gasteiger partial charge in [0.25, 0.3) is 0 Å². The molecule has 0 spiro atoms. The van der Waals surface area contributed by atoms with E-state index in [1.165, 1.54) is 12.5 Å². The van der Waals surface area contributed by atoms with Gasteiger partial charge in [-0.25, -0.2) is 4.39 Å². The molecule has 2 aliphatic carbocycles. The Hall–Kier alpha value is -1.84. The van der Waals surface area contributed by atoms with Gasteiger partial charge in [-0.05, 0) is 42.7 Å². The molecule has 1 saturated heterocycles. The van der Waals surface area contributed by atoms with Crippen molar-refractivity contribution in [3.63, 3.8) is 0 Å². The summed E-state index contributed by atoms with van der Waals surface area (Å²) in [4.78, 5) is 14.1. The molecule has 22 heavy (non-hydrogen) atoms. The number of nitrogens with zero attached hydrogens (tertiary/aromatic N) is 1. The highest BCUT2D eigenvalue weighted by molar-refractivity contribution is 5.77. The minimum absolute atomic E-state index is 0.0826. The van der Waals surface area contributed by atoms with Gasteiger partial charge >= 0.3 is 0 Å². The van der Waals surface area contributed by atoms with Gasteiger partial charge in [0.2, 0.25) is 5.91 Å². The SMILES string of the molecule is O=C(C[C@@H]1C[C@@H]2C=C[C@H]1C2)N1CC(Oc2ccccc2F)C1. The molecule has 2 bridgehead atoms. The number of benzene rings is 1. The predicted molar refractivity (Wildman–Crippen MR) is 80.9 cm³/mol. The fourth-order valence-electron chi connectivity index (χ4n) is 3.92. The van der Waals surface area contributed by atoms with Crippen LogP contribution in [-0.4, -0.2) is 30.0 Å². The van der Waals surface area contributed by atoms with Gasteiger partial charge in [0.1, 0.15) is 6.10 Å². The predicted octanol–water partition coefficient (Wildman–Crippen LogP) is 3.02. The van der Waals surface area contributed by atoms with Crippen molar-refractivity contribution < 1.29 is 13.9 Å². The number of halogens is 1. The number of hydrogen-bond donors (Lipinski definition) is 0. The molecule has 116 valence electrons. The summed E-state index contributed by atoms with van der Waals surface area (Å²) in [5.41, 5.74) is 0. The van der Waals surface area contributed by atoms with Crippen molar-refractivity contribution in [2.24, 2.45) is 17.8 Å². The molecule has 3 atom stereocenters. The molecule has 3 aliphatic rings. The summed E-state index contributed by atoms with van der Waals surface area (Å²) >= 11 is 0. The van der Waals surface area contributed by atoms with Crippen molar-refractivity contribution in [3.05, 3.63) is 42.2 Å². The second-order valence-electron chi connectivity index (χ2n) is 6.71. The van der Waals surface area contributed by atoms with Gasteiger partial charge in [-0.1, -0.05) is 24.3 Å². The van der Waals surface area contributed by atoms with E-state index in [-0.39, 0.29) is 23.6 Å². The number of carbonyl (C=O) groups excluding carboxylic acids is 1. The molecule has 1 aromatic rings. The van der Waals surface area contributed by atoms with Gasteiger partial charge in [-0.3, -0.25) is 4.79 Å². The fraction of sp³-hybridized carbons (Fsp3) is 0.500. The zero-order valence-electron chi connectivity index (χ0n) is 12.5. The largest absolute Gasteiger partial charge is 0.484 e. The van der Waals surface area contributed by atoms with Gasteiger partial charge in [0, 0.05) is 6.42 Å². The summed E-state index contributed by atoms with van der Waals surface area (Å²) in [5.74, 6) is 1.99. The van der Waals surface area contributed by atoms with Crippen molar-refractivity contribution in [3.8, 4) is 5.75 Å². The normalized spacial score (nSPS) is 29.7. The molecule has 0 N–H and O–H groups in total. The molecular weight excluding hydrogens is 281 g/mol. The molecule has 3 nitrogen and oxygen atoms in total. The molecule has 1 aliphatic heterocycles. The van der Waals surface area contributed by atoms with Gasteiger partial charge in [0.15, 0.2) is 11.6 Å². The first kappa shape index (κ1) is 13.8. The molecular formula is C18H20FNO2. The molecule has 1 amide bonds. The second-order valence-corrected chi connectivity index (χ2v) is 6.71. The third-order valence-corrected chi connectivity index (χ3v) is 5.18. The minimum atomic E-state index is -0.346. The zero-order chi connectivity index (χ0) is 15.1. The van der Waals surface area contributed by atoms with Gasteiger partial charge in [0.05, 0.1) is 13.1 Å². The Morgan fingerprint density at radius 2 is 2.05 bits per heavy atom. The lowest BCUT2D eigenvalue weighted by atomic mass is 9.89. The molecule has 0 unspecified atom stereocenters. The summed E-state index contributed by atoms with van der Waals surface area (Å²) in [6.07, 6.45) is 7.55. The van der Waals surface area contributed by atoms with Crippen LogP contribution >= 0.6 is 0 Å². The molecule has 4 heteroatoms. The molecule has 2 fully saturated rings. The van der Waals surface area contributed by atoms with Crippen LogP contribution in [0.3, 0.4) is 0 Å². The lowest BCUT2D eigenvalue weighted by Gasteiger charge is -2.39. The highest BCUT2D eigenvalue weighted by Gasteiger charge is 2.39. The molecule has 1 saturated carbocycles. The van der Waals surface area contributed by atoms with E-state index < -0.39 is 0 Å². The number of para-hydroxylation sites is 1. The number of amides is 1. The fourth-order valence-corrected chi connectivity index (χ4v) is 3.92. The maximum absolute atomic E-state index is 13.5. The summed E-state index contributed by atoms with van der Waals surface area (Å²) in [6, 6.07) is 6.41. The monoisotopic (exact) mass is 301 g/mol. The number of rotatable bonds is 4. The van der Waals surface area contributed by atoms with Crippen LogP contribution in [0, 0.1) is 23.6 Å². The van der Waals surface area contributed by atoms with Crippen LogP contribution in [0.5, 0.6) is 5.75 Å². The quantitative estimate of drug-likeness (QED) is 0.800. The Morgan fingerprint density at radius 1 is 1.23 bits per heavy atom. The van der Waals surface area contributed by atoms with Gasteiger partial charge < -0.3 is 9.64 Å². The lowest BCUT2D eigenvalue weighted by Crippen LogP contribution is -2.56. The van der Waals surface area contributed by atoms with Crippen LogP contribution in [0.15, 0.2) is 36.4 Å². The lowest BCUT2D eigenvalue weighted by molar-refractivity contribution is -0.141. The highest BCUT2D eigenvalue weighted by Crippen LogP contribution is 2.45. The van der Waals surface area contributed by atoms with Crippen LogP contribution < -0.4 is 4.74 Å². The maximum atomic E-state index is 13.5. The third-order valence-electron chi connectivity index (χ3n) is 5.18. The van der Waals surface area contributed by atoms with E-state index in [0.29, 0.717) is 37.3 Å². The zero-order valence-corrected chi connectivity index (χ0v) is 12.5. The summed E-state index contributed by atoms with van der Waals surface area (Å²) in [6.45, 7) is 1.15. The molecule has 0 aromatic heterocycles. The van der Waals surface area contributed by atoms with Crippen LogP contribution in [-0.2, 0) is 4.79 Å². The highest BCUT2D eigenvalue weighted by atomic mass is 19.1. The molecule has 1 aromatic carbocycles. The average Bonchev–Trinajstić information content (AvgIpc) is 3.06. The Labute approximate surface area is 129 Å². The average molecular weight is 301 g/mol. The first-order valence-electron chi connectivity index (χ1n) is 8.06. The number of allylic oxidation sites excluding steroid dienone is 2. The van der Waals surface area contributed by atoms with Crippen molar-refractivity contribution >= 4 is 5.91 Å². The Bertz CT molecular complexity index is 609. The van der Waals surface area contributed by atoms with E-state index in [4.69, 9.17) is 4.74 Å². The van der Waals surface area contributed by atoms with E-state index in [1.807, 2.05) is 4.90 Å². The van der Waals surface area contributed by atoms with Gasteiger partial charge in [-0.2, -0.15) is 0 Å². The Balaban J connectivity index is 1.26. The molecule has 0 radical (unpaired) electrons. The van der Waals surface area contributed by atoms with Crippen molar-refractivity contribution in [1.82, 2.24) is 4.90 Å². The Morgan fingerprint density at radius 3 is 2.73 bits per heavy atom.